The third-order valence-electron chi connectivity index (χ3n) is 3.37. The van der Waals surface area contributed by atoms with Gasteiger partial charge in [-0.2, -0.15) is 0 Å². The number of hydrogen-bond donors (Lipinski definition) is 3. The summed E-state index contributed by atoms with van der Waals surface area (Å²) in [5.41, 5.74) is 6.56. The number of carbonyl (C=O) groups is 1. The minimum atomic E-state index is -0.527. The van der Waals surface area contributed by atoms with E-state index in [-0.39, 0.29) is 12.4 Å². The molecule has 0 aliphatic rings. The van der Waals surface area contributed by atoms with E-state index in [1.807, 2.05) is 12.1 Å². The van der Waals surface area contributed by atoms with Gasteiger partial charge in [-0.05, 0) is 23.8 Å². The van der Waals surface area contributed by atoms with Gasteiger partial charge in [-0.1, -0.05) is 30.3 Å². The number of primary amides is 1. The minimum absolute atomic E-state index is 0.164. The Morgan fingerprint density at radius 1 is 1.16 bits per heavy atom. The Morgan fingerprint density at radius 2 is 1.92 bits per heavy atom. The highest BCUT2D eigenvalue weighted by molar-refractivity contribution is 5.79. The largest absolute Gasteiger partial charge is 0.484 e. The minimum Gasteiger partial charge on any atom is -0.484 e. The molecule has 7 heteroatoms. The van der Waals surface area contributed by atoms with E-state index >= 15 is 0 Å². The van der Waals surface area contributed by atoms with Gasteiger partial charge in [0.05, 0.1) is 0 Å². The first-order valence-electron chi connectivity index (χ1n) is 7.76. The van der Waals surface area contributed by atoms with Gasteiger partial charge >= 0.3 is 0 Å². The zero-order valence-corrected chi connectivity index (χ0v) is 14.0. The molecule has 2 rings (SSSR count). The monoisotopic (exact) mass is 344 g/mol. The third-order valence-corrected chi connectivity index (χ3v) is 3.37. The number of nitrogens with two attached hydrogens (primary N) is 1. The number of amides is 1. The van der Waals surface area contributed by atoms with E-state index in [0.717, 1.165) is 5.56 Å². The molecule has 0 aliphatic carbocycles. The fraction of sp³-hybridized carbons (Fsp3) is 0.222. The lowest BCUT2D eigenvalue weighted by Crippen LogP contribution is -2.36. The average Bonchev–Trinajstić information content (AvgIpc) is 2.62. The number of nitrogens with one attached hydrogen (secondary N) is 2. The summed E-state index contributed by atoms with van der Waals surface area (Å²) in [6.45, 7) is 0.654. The van der Waals surface area contributed by atoms with Crippen LogP contribution in [0.25, 0.3) is 0 Å². The summed E-state index contributed by atoms with van der Waals surface area (Å²) in [4.78, 5) is 14.9. The summed E-state index contributed by atoms with van der Waals surface area (Å²) in [6, 6.07) is 13.9. The molecule has 0 heterocycles. The lowest BCUT2D eigenvalue weighted by molar-refractivity contribution is -0.119. The van der Waals surface area contributed by atoms with Crippen LogP contribution in [0.1, 0.15) is 11.1 Å². The highest BCUT2D eigenvalue weighted by Crippen LogP contribution is 2.13. The number of nitrogens with zero attached hydrogens (tertiary/aromatic N) is 1. The van der Waals surface area contributed by atoms with Crippen LogP contribution in [0.15, 0.2) is 53.5 Å². The second-order valence-electron chi connectivity index (χ2n) is 5.27. The number of halogens is 1. The molecule has 0 saturated heterocycles. The Bertz CT molecular complexity index is 749. The van der Waals surface area contributed by atoms with E-state index in [2.05, 4.69) is 15.6 Å². The molecule has 0 radical (unpaired) electrons. The van der Waals surface area contributed by atoms with Crippen molar-refractivity contribution in [1.29, 1.82) is 0 Å². The van der Waals surface area contributed by atoms with Crippen molar-refractivity contribution >= 4 is 11.9 Å². The number of carbonyl (C=O) groups excluding carboxylic acids is 1. The van der Waals surface area contributed by atoms with Crippen molar-refractivity contribution in [3.8, 4) is 5.75 Å². The van der Waals surface area contributed by atoms with Crippen molar-refractivity contribution in [3.63, 3.8) is 0 Å². The molecule has 1 amide bonds. The predicted molar refractivity (Wildman–Crippen MR) is 94.6 cm³/mol. The Morgan fingerprint density at radius 3 is 2.64 bits per heavy atom. The van der Waals surface area contributed by atoms with Crippen LogP contribution in [-0.4, -0.2) is 25.5 Å². The summed E-state index contributed by atoms with van der Waals surface area (Å²) in [6.07, 6.45) is 0. The van der Waals surface area contributed by atoms with E-state index in [4.69, 9.17) is 10.5 Å². The van der Waals surface area contributed by atoms with Crippen LogP contribution in [0.4, 0.5) is 4.39 Å². The molecule has 4 N–H and O–H groups in total. The number of benzene rings is 2. The Kier molecular flexibility index (Phi) is 6.76. The summed E-state index contributed by atoms with van der Waals surface area (Å²) >= 11 is 0. The van der Waals surface area contributed by atoms with Gasteiger partial charge in [-0.25, -0.2) is 4.39 Å². The lowest BCUT2D eigenvalue weighted by atomic mass is 10.2. The summed E-state index contributed by atoms with van der Waals surface area (Å²) < 4.78 is 18.9. The number of rotatable bonds is 7. The van der Waals surface area contributed by atoms with Gasteiger partial charge in [0.15, 0.2) is 12.6 Å². The molecule has 2 aromatic rings. The zero-order chi connectivity index (χ0) is 18.1. The number of hydrogen-bond acceptors (Lipinski definition) is 3. The van der Waals surface area contributed by atoms with Crippen LogP contribution in [0.5, 0.6) is 5.75 Å². The predicted octanol–water partition coefficient (Wildman–Crippen LogP) is 1.56. The van der Waals surface area contributed by atoms with Gasteiger partial charge in [-0.3, -0.25) is 9.79 Å². The van der Waals surface area contributed by atoms with Gasteiger partial charge in [0.1, 0.15) is 11.6 Å². The quantitative estimate of drug-likeness (QED) is 0.525. The molecule has 0 aromatic heterocycles. The standard InChI is InChI=1S/C18H21FN4O2/c1-21-18(23-11-14-6-2-3-8-16(14)19)22-10-13-5-4-7-15(9-13)25-12-17(20)24/h2-9H,10-12H2,1H3,(H2,20,24)(H2,21,22,23). The maximum absolute atomic E-state index is 13.6. The first-order valence-corrected chi connectivity index (χ1v) is 7.76. The van der Waals surface area contributed by atoms with Gasteiger partial charge in [0.2, 0.25) is 0 Å². The first-order chi connectivity index (χ1) is 12.1. The third kappa shape index (κ3) is 6.14. The van der Waals surface area contributed by atoms with E-state index in [9.17, 15) is 9.18 Å². The topological polar surface area (TPSA) is 88.7 Å². The highest BCUT2D eigenvalue weighted by Gasteiger charge is 2.04. The number of guanidine groups is 1. The molecule has 0 fully saturated rings. The van der Waals surface area contributed by atoms with Gasteiger partial charge in [-0.15, -0.1) is 0 Å². The van der Waals surface area contributed by atoms with Crippen LogP contribution < -0.4 is 21.1 Å². The van der Waals surface area contributed by atoms with Crippen molar-refractivity contribution in [2.24, 2.45) is 10.7 Å². The Balaban J connectivity index is 1.87. The van der Waals surface area contributed by atoms with Crippen molar-refractivity contribution in [2.45, 2.75) is 13.1 Å². The molecular weight excluding hydrogens is 323 g/mol. The average molecular weight is 344 g/mol. The fourth-order valence-electron chi connectivity index (χ4n) is 2.13. The van der Waals surface area contributed by atoms with Gasteiger partial charge in [0.25, 0.3) is 5.91 Å². The zero-order valence-electron chi connectivity index (χ0n) is 14.0. The SMILES string of the molecule is CN=C(NCc1cccc(OCC(N)=O)c1)NCc1ccccc1F. The van der Waals surface area contributed by atoms with Crippen LogP contribution in [0, 0.1) is 5.82 Å². The van der Waals surface area contributed by atoms with Crippen molar-refractivity contribution < 1.29 is 13.9 Å². The van der Waals surface area contributed by atoms with Crippen LogP contribution >= 0.6 is 0 Å². The molecule has 0 spiro atoms. The summed E-state index contributed by atoms with van der Waals surface area (Å²) in [7, 11) is 1.64. The Labute approximate surface area is 145 Å². The molecule has 132 valence electrons. The first kappa shape index (κ1) is 18.3. The van der Waals surface area contributed by atoms with Crippen LogP contribution in [-0.2, 0) is 17.9 Å². The highest BCUT2D eigenvalue weighted by atomic mass is 19.1. The summed E-state index contributed by atoms with van der Waals surface area (Å²) in [5, 5.41) is 6.19. The second kappa shape index (κ2) is 9.27. The fourth-order valence-corrected chi connectivity index (χ4v) is 2.13. The molecule has 0 saturated carbocycles. The molecule has 0 bridgehead atoms. The maximum Gasteiger partial charge on any atom is 0.255 e. The van der Waals surface area contributed by atoms with Crippen molar-refractivity contribution in [1.82, 2.24) is 10.6 Å². The molecule has 2 aromatic carbocycles. The van der Waals surface area contributed by atoms with E-state index in [1.54, 1.807) is 37.4 Å². The second-order valence-corrected chi connectivity index (χ2v) is 5.27. The van der Waals surface area contributed by atoms with Gasteiger partial charge in [0, 0.05) is 25.7 Å². The van der Waals surface area contributed by atoms with E-state index < -0.39 is 5.91 Å². The van der Waals surface area contributed by atoms with E-state index in [1.165, 1.54) is 6.07 Å². The van der Waals surface area contributed by atoms with Crippen molar-refractivity contribution in [3.05, 3.63) is 65.5 Å². The summed E-state index contributed by atoms with van der Waals surface area (Å²) in [5.74, 6) is 0.324. The molecule has 0 aliphatic heterocycles. The van der Waals surface area contributed by atoms with Crippen molar-refractivity contribution in [2.75, 3.05) is 13.7 Å². The van der Waals surface area contributed by atoms with E-state index in [0.29, 0.717) is 30.4 Å². The number of ether oxygens (including phenoxy) is 1. The van der Waals surface area contributed by atoms with Crippen LogP contribution in [0.3, 0.4) is 0 Å². The lowest BCUT2D eigenvalue weighted by Gasteiger charge is -2.13. The Hall–Kier alpha value is -3.09. The van der Waals surface area contributed by atoms with Crippen LogP contribution in [0.2, 0.25) is 0 Å². The van der Waals surface area contributed by atoms with Gasteiger partial charge < -0.3 is 21.1 Å². The maximum atomic E-state index is 13.6. The molecule has 25 heavy (non-hydrogen) atoms. The molecule has 0 unspecified atom stereocenters. The molecule has 0 atom stereocenters. The smallest absolute Gasteiger partial charge is 0.255 e. The molecular formula is C18H21FN4O2. The molecule has 6 nitrogen and oxygen atoms in total. The normalized spacial score (nSPS) is 11.0. The number of aliphatic imine (C=N–C) groups is 1.